The molecule has 3 aromatic rings. The molecule has 13 nitrogen and oxygen atoms in total. The Balaban J connectivity index is 1.40. The summed E-state index contributed by atoms with van der Waals surface area (Å²) in [5.74, 6) is -0.909. The number of nitro groups is 1. The van der Waals surface area contributed by atoms with E-state index in [1.807, 2.05) is 0 Å². The van der Waals surface area contributed by atoms with Crippen molar-refractivity contribution in [2.45, 2.75) is 13.5 Å². The van der Waals surface area contributed by atoms with Gasteiger partial charge < -0.3 is 30.0 Å². The molecule has 15 heteroatoms. The first-order valence-corrected chi connectivity index (χ1v) is 11.0. The molecule has 2 amide bonds. The maximum absolute atomic E-state index is 12.1. The minimum atomic E-state index is -0.624. The number of ether oxygens (including phenoxy) is 1. The Labute approximate surface area is 203 Å². The zero-order valence-electron chi connectivity index (χ0n) is 17.1. The van der Waals surface area contributed by atoms with Gasteiger partial charge in [-0.25, -0.2) is 0 Å². The summed E-state index contributed by atoms with van der Waals surface area (Å²) in [5.41, 5.74) is 0.532. The number of rotatable bonds is 10. The van der Waals surface area contributed by atoms with Gasteiger partial charge in [-0.05, 0) is 46.0 Å². The average molecular weight is 587 g/mol. The van der Waals surface area contributed by atoms with Crippen molar-refractivity contribution in [2.75, 3.05) is 19.7 Å². The van der Waals surface area contributed by atoms with Crippen LogP contribution in [0.2, 0.25) is 0 Å². The monoisotopic (exact) mass is 585 g/mol. The number of halogens is 2. The van der Waals surface area contributed by atoms with Crippen LogP contribution < -0.4 is 15.4 Å². The van der Waals surface area contributed by atoms with E-state index in [1.54, 1.807) is 25.1 Å². The van der Waals surface area contributed by atoms with Crippen LogP contribution in [0.4, 0.5) is 5.82 Å². The van der Waals surface area contributed by atoms with Crippen LogP contribution in [-0.2, 0) is 11.3 Å². The quantitative estimate of drug-likeness (QED) is 0.205. The minimum Gasteiger partial charge on any atom is -0.483 e. The van der Waals surface area contributed by atoms with Crippen LogP contribution in [-0.4, -0.2) is 56.4 Å². The molecule has 2 aromatic heterocycles. The van der Waals surface area contributed by atoms with Gasteiger partial charge in [-0.1, -0.05) is 21.1 Å². The molecule has 2 N–H and O–H groups in total. The highest BCUT2D eigenvalue weighted by Gasteiger charge is 2.19. The third kappa shape index (κ3) is 6.82. The van der Waals surface area contributed by atoms with Crippen LogP contribution in [0.15, 0.2) is 37.7 Å². The van der Waals surface area contributed by atoms with Crippen LogP contribution in [0.1, 0.15) is 22.2 Å². The van der Waals surface area contributed by atoms with Gasteiger partial charge in [0.2, 0.25) is 0 Å². The molecule has 0 saturated heterocycles. The highest BCUT2D eigenvalue weighted by atomic mass is 79.9. The molecule has 1 aromatic carbocycles. The number of aromatic nitrogens is 4. The lowest BCUT2D eigenvalue weighted by molar-refractivity contribution is -0.389. The zero-order valence-corrected chi connectivity index (χ0v) is 20.3. The highest BCUT2D eigenvalue weighted by molar-refractivity contribution is 9.11. The van der Waals surface area contributed by atoms with Gasteiger partial charge in [-0.15, -0.1) is 0 Å². The van der Waals surface area contributed by atoms with E-state index in [1.165, 1.54) is 10.7 Å². The number of hydrogen-bond donors (Lipinski definition) is 2. The second kappa shape index (κ2) is 11.0. The third-order valence-corrected chi connectivity index (χ3v) is 5.21. The van der Waals surface area contributed by atoms with Gasteiger partial charge in [0.25, 0.3) is 5.91 Å². The van der Waals surface area contributed by atoms with Crippen LogP contribution >= 0.6 is 31.9 Å². The van der Waals surface area contributed by atoms with Crippen molar-refractivity contribution in [1.82, 2.24) is 30.6 Å². The van der Waals surface area contributed by atoms with Gasteiger partial charge in [0.15, 0.2) is 12.4 Å². The van der Waals surface area contributed by atoms with Gasteiger partial charge in [-0.3, -0.25) is 9.59 Å². The fourth-order valence-electron chi connectivity index (χ4n) is 2.53. The summed E-state index contributed by atoms with van der Waals surface area (Å²) in [6, 6.07) is 6.61. The largest absolute Gasteiger partial charge is 0.483 e. The molecule has 0 spiro atoms. The summed E-state index contributed by atoms with van der Waals surface area (Å²) in [6.45, 7) is 1.74. The first kappa shape index (κ1) is 24.3. The standard InChI is InChI=1S/C18H17Br2N7O6/c1-10-6-15(27(30)31)24-26(10)8-14-23-18(33-25-14)17(29)22-5-4-21-16(28)9-32-13-3-2-11(19)7-12(13)20/h2-3,6-7H,4-5,8-9H2,1H3,(H,21,28)(H,22,29). The fourth-order valence-corrected chi connectivity index (χ4v) is 3.69. The lowest BCUT2D eigenvalue weighted by Gasteiger charge is -2.09. The summed E-state index contributed by atoms with van der Waals surface area (Å²) in [5, 5.41) is 23.4. The number of carbonyl (C=O) groups excluding carboxylic acids is 2. The molecule has 0 saturated carbocycles. The molecule has 0 atom stereocenters. The topological polar surface area (TPSA) is 167 Å². The lowest BCUT2D eigenvalue weighted by atomic mass is 10.3. The second-order valence-corrected chi connectivity index (χ2v) is 8.31. The van der Waals surface area contributed by atoms with Gasteiger partial charge in [0, 0.05) is 17.6 Å². The van der Waals surface area contributed by atoms with E-state index in [0.29, 0.717) is 15.9 Å². The van der Waals surface area contributed by atoms with Crippen molar-refractivity contribution in [3.8, 4) is 5.75 Å². The Morgan fingerprint density at radius 2 is 2.00 bits per heavy atom. The van der Waals surface area contributed by atoms with Gasteiger partial charge in [0.05, 0.1) is 21.3 Å². The van der Waals surface area contributed by atoms with Gasteiger partial charge in [0.1, 0.15) is 12.3 Å². The summed E-state index contributed by atoms with van der Waals surface area (Å²) >= 11 is 6.67. The molecule has 33 heavy (non-hydrogen) atoms. The molecule has 3 rings (SSSR count). The van der Waals surface area contributed by atoms with E-state index >= 15 is 0 Å². The van der Waals surface area contributed by atoms with E-state index < -0.39 is 10.8 Å². The summed E-state index contributed by atoms with van der Waals surface area (Å²) in [4.78, 5) is 38.2. The average Bonchev–Trinajstić information content (AvgIpc) is 3.38. The number of nitrogens with zero attached hydrogens (tertiary/aromatic N) is 5. The zero-order chi connectivity index (χ0) is 24.0. The molecule has 2 heterocycles. The normalized spacial score (nSPS) is 10.6. The number of amides is 2. The maximum Gasteiger partial charge on any atom is 0.390 e. The predicted molar refractivity (Wildman–Crippen MR) is 120 cm³/mol. The van der Waals surface area contributed by atoms with Crippen LogP contribution in [0.5, 0.6) is 5.75 Å². The molecule has 0 fully saturated rings. The van der Waals surface area contributed by atoms with Crippen molar-refractivity contribution in [1.29, 1.82) is 0 Å². The van der Waals surface area contributed by atoms with Crippen molar-refractivity contribution in [2.24, 2.45) is 0 Å². The first-order chi connectivity index (χ1) is 15.7. The Kier molecular flexibility index (Phi) is 8.11. The van der Waals surface area contributed by atoms with E-state index in [2.05, 4.69) is 57.7 Å². The molecule has 0 aliphatic heterocycles. The molecule has 0 aliphatic carbocycles. The Bertz CT molecular complexity index is 1180. The van der Waals surface area contributed by atoms with Crippen molar-refractivity contribution in [3.05, 3.63) is 60.7 Å². The van der Waals surface area contributed by atoms with Gasteiger partial charge >= 0.3 is 17.6 Å². The number of aryl methyl sites for hydroxylation is 1. The molecular formula is C18H17Br2N7O6. The van der Waals surface area contributed by atoms with Crippen molar-refractivity contribution in [3.63, 3.8) is 0 Å². The van der Waals surface area contributed by atoms with Crippen LogP contribution in [0.3, 0.4) is 0 Å². The minimum absolute atomic E-state index is 0.000984. The molecule has 0 radical (unpaired) electrons. The number of nitrogens with one attached hydrogen (secondary N) is 2. The molecule has 0 unspecified atom stereocenters. The van der Waals surface area contributed by atoms with Crippen LogP contribution in [0.25, 0.3) is 0 Å². The molecule has 174 valence electrons. The maximum atomic E-state index is 12.1. The molecular weight excluding hydrogens is 570 g/mol. The Hall–Kier alpha value is -3.33. The SMILES string of the molecule is Cc1cc([N+](=O)[O-])nn1Cc1noc(C(=O)NCCNC(=O)COc2ccc(Br)cc2Br)n1. The Morgan fingerprint density at radius 1 is 1.24 bits per heavy atom. The Morgan fingerprint density at radius 3 is 2.70 bits per heavy atom. The van der Waals surface area contributed by atoms with Crippen LogP contribution in [0, 0.1) is 17.0 Å². The summed E-state index contributed by atoms with van der Waals surface area (Å²) in [7, 11) is 0. The van der Waals surface area contributed by atoms with E-state index in [4.69, 9.17) is 9.26 Å². The predicted octanol–water partition coefficient (Wildman–Crippen LogP) is 1.98. The van der Waals surface area contributed by atoms with E-state index in [0.717, 1.165) is 4.47 Å². The number of carbonyl (C=O) groups is 2. The third-order valence-electron chi connectivity index (χ3n) is 4.09. The molecule has 0 aliphatic rings. The second-order valence-electron chi connectivity index (χ2n) is 6.54. The van der Waals surface area contributed by atoms with E-state index in [-0.39, 0.29) is 49.7 Å². The van der Waals surface area contributed by atoms with E-state index in [9.17, 15) is 19.7 Å². The highest BCUT2D eigenvalue weighted by Crippen LogP contribution is 2.28. The first-order valence-electron chi connectivity index (χ1n) is 9.37. The number of benzene rings is 1. The van der Waals surface area contributed by atoms with Gasteiger partial charge in [-0.2, -0.15) is 9.67 Å². The summed E-state index contributed by atoms with van der Waals surface area (Å²) < 4.78 is 13.3. The number of hydrogen-bond acceptors (Lipinski definition) is 9. The smallest absolute Gasteiger partial charge is 0.390 e. The fraction of sp³-hybridized carbons (Fsp3) is 0.278. The van der Waals surface area contributed by atoms with Crippen molar-refractivity contribution >= 4 is 49.5 Å². The van der Waals surface area contributed by atoms with Crippen molar-refractivity contribution < 1.29 is 23.8 Å². The lowest BCUT2D eigenvalue weighted by Crippen LogP contribution is -2.36. The molecule has 0 bridgehead atoms. The summed E-state index contributed by atoms with van der Waals surface area (Å²) in [6.07, 6.45) is 0.